The Kier molecular flexibility index (Phi) is 5.16. The number of ether oxygens (including phenoxy) is 2. The van der Waals surface area contributed by atoms with Gasteiger partial charge in [-0.3, -0.25) is 4.79 Å². The molecule has 0 amide bonds. The first-order valence-electron chi connectivity index (χ1n) is 8.46. The summed E-state index contributed by atoms with van der Waals surface area (Å²) < 4.78 is 12.6. The first kappa shape index (κ1) is 17.8. The fourth-order valence-corrected chi connectivity index (χ4v) is 2.94. The quantitative estimate of drug-likeness (QED) is 0.500. The number of hydrogen-bond donors (Lipinski definition) is 0. The molecule has 3 rings (SSSR count). The van der Waals surface area contributed by atoms with E-state index in [0.29, 0.717) is 12.4 Å². The predicted molar refractivity (Wildman–Crippen MR) is 96.3 cm³/mol. The third-order valence-electron chi connectivity index (χ3n) is 4.12. The molecule has 3 aromatic rings. The molecule has 0 radical (unpaired) electrons. The van der Waals surface area contributed by atoms with Crippen LogP contribution in [0.1, 0.15) is 28.1 Å². The lowest BCUT2D eigenvalue weighted by Crippen LogP contribution is -2.16. The van der Waals surface area contributed by atoms with Crippen LogP contribution in [-0.4, -0.2) is 38.8 Å². The number of benzene rings is 1. The number of esters is 1. The molecule has 136 valence electrons. The molecular weight excluding hydrogens is 332 g/mol. The van der Waals surface area contributed by atoms with Crippen molar-refractivity contribution in [2.24, 2.45) is 0 Å². The minimum Gasteiger partial charge on any atom is -0.490 e. The molecule has 0 aliphatic carbocycles. The van der Waals surface area contributed by atoms with E-state index >= 15 is 0 Å². The second-order valence-electron chi connectivity index (χ2n) is 6.30. The molecule has 2 aromatic heterocycles. The molecule has 0 unspecified atom stereocenters. The first-order chi connectivity index (χ1) is 12.4. The number of fused-ring (bicyclic) bond motifs is 1. The Morgan fingerprint density at radius 3 is 2.54 bits per heavy atom. The van der Waals surface area contributed by atoms with Gasteiger partial charge in [-0.25, -0.2) is 9.50 Å². The van der Waals surface area contributed by atoms with E-state index in [4.69, 9.17) is 9.47 Å². The van der Waals surface area contributed by atoms with Crippen molar-refractivity contribution < 1.29 is 14.3 Å². The highest BCUT2D eigenvalue weighted by Gasteiger charge is 2.15. The molecule has 0 aliphatic rings. The van der Waals surface area contributed by atoms with Gasteiger partial charge in [0.1, 0.15) is 25.3 Å². The molecule has 0 spiro atoms. The van der Waals surface area contributed by atoms with Crippen LogP contribution < -0.4 is 4.74 Å². The molecule has 0 atom stereocenters. The molecule has 7 nitrogen and oxygen atoms in total. The standard InChI is InChI=1S/C19H22N4O3/c1-12-7-13(2)9-16(8-12)25-5-6-26-18(24)10-17-14(3)22-19-20-11-21-23(19)15(17)4/h7-9,11H,5-6,10H2,1-4H3. The average molecular weight is 354 g/mol. The molecule has 0 saturated carbocycles. The SMILES string of the molecule is Cc1cc(C)cc(OCCOC(=O)Cc2c(C)nc3ncnn3c2C)c1. The number of hydrogen-bond acceptors (Lipinski definition) is 6. The number of rotatable bonds is 6. The zero-order chi connectivity index (χ0) is 18.7. The molecule has 0 N–H and O–H groups in total. The first-order valence-corrected chi connectivity index (χ1v) is 8.46. The average Bonchev–Trinajstić information content (AvgIpc) is 3.03. The van der Waals surface area contributed by atoms with Gasteiger partial charge in [0.05, 0.1) is 6.42 Å². The van der Waals surface area contributed by atoms with Gasteiger partial charge in [-0.1, -0.05) is 6.07 Å². The third kappa shape index (κ3) is 3.99. The topological polar surface area (TPSA) is 78.6 Å². The highest BCUT2D eigenvalue weighted by Crippen LogP contribution is 2.16. The summed E-state index contributed by atoms with van der Waals surface area (Å²) in [5.74, 6) is 0.992. The van der Waals surface area contributed by atoms with E-state index < -0.39 is 0 Å². The molecule has 7 heteroatoms. The van der Waals surface area contributed by atoms with Gasteiger partial charge in [0.15, 0.2) is 0 Å². The minimum absolute atomic E-state index is 0.143. The van der Waals surface area contributed by atoms with Gasteiger partial charge in [-0.2, -0.15) is 10.1 Å². The zero-order valence-electron chi connectivity index (χ0n) is 15.4. The lowest BCUT2D eigenvalue weighted by Gasteiger charge is -2.11. The Morgan fingerprint density at radius 2 is 1.81 bits per heavy atom. The van der Waals surface area contributed by atoms with Crippen LogP contribution in [0.15, 0.2) is 24.5 Å². The Morgan fingerprint density at radius 1 is 1.08 bits per heavy atom. The monoisotopic (exact) mass is 354 g/mol. The summed E-state index contributed by atoms with van der Waals surface area (Å²) in [5, 5.41) is 4.12. The zero-order valence-corrected chi connectivity index (χ0v) is 15.4. The van der Waals surface area contributed by atoms with Crippen molar-refractivity contribution >= 4 is 11.7 Å². The van der Waals surface area contributed by atoms with Crippen molar-refractivity contribution in [1.82, 2.24) is 19.6 Å². The fraction of sp³-hybridized carbons (Fsp3) is 0.368. The molecule has 0 aliphatic heterocycles. The minimum atomic E-state index is -0.318. The lowest BCUT2D eigenvalue weighted by molar-refractivity contribution is -0.143. The lowest BCUT2D eigenvalue weighted by atomic mass is 10.1. The van der Waals surface area contributed by atoms with Crippen LogP contribution in [0.5, 0.6) is 5.75 Å². The second kappa shape index (κ2) is 7.51. The molecule has 26 heavy (non-hydrogen) atoms. The van der Waals surface area contributed by atoms with Crippen molar-refractivity contribution in [2.45, 2.75) is 34.1 Å². The van der Waals surface area contributed by atoms with Gasteiger partial charge < -0.3 is 9.47 Å². The summed E-state index contributed by atoms with van der Waals surface area (Å²) in [6.07, 6.45) is 1.59. The van der Waals surface area contributed by atoms with Crippen LogP contribution in [0, 0.1) is 27.7 Å². The summed E-state index contributed by atoms with van der Waals surface area (Å²) in [4.78, 5) is 20.6. The number of carbonyl (C=O) groups excluding carboxylic acids is 1. The summed E-state index contributed by atoms with van der Waals surface area (Å²) in [6, 6.07) is 6.00. The van der Waals surface area contributed by atoms with E-state index in [2.05, 4.69) is 21.1 Å². The summed E-state index contributed by atoms with van der Waals surface area (Å²) >= 11 is 0. The van der Waals surface area contributed by atoms with Crippen LogP contribution in [-0.2, 0) is 16.0 Å². The number of carbonyl (C=O) groups is 1. The molecule has 0 saturated heterocycles. The van der Waals surface area contributed by atoms with Crippen molar-refractivity contribution in [1.29, 1.82) is 0 Å². The molecule has 0 fully saturated rings. The molecule has 0 bridgehead atoms. The van der Waals surface area contributed by atoms with E-state index in [1.807, 2.05) is 39.8 Å². The van der Waals surface area contributed by atoms with Crippen LogP contribution in [0.3, 0.4) is 0 Å². The van der Waals surface area contributed by atoms with Gasteiger partial charge in [-0.05, 0) is 51.0 Å². The Hall–Kier alpha value is -2.96. The van der Waals surface area contributed by atoms with Crippen molar-refractivity contribution in [3.05, 3.63) is 52.6 Å². The number of nitrogens with zero attached hydrogens (tertiary/aromatic N) is 4. The summed E-state index contributed by atoms with van der Waals surface area (Å²) in [6.45, 7) is 8.29. The maximum atomic E-state index is 12.2. The van der Waals surface area contributed by atoms with Crippen LogP contribution >= 0.6 is 0 Å². The van der Waals surface area contributed by atoms with Gasteiger partial charge in [0, 0.05) is 17.0 Å². The van der Waals surface area contributed by atoms with Crippen LogP contribution in [0.2, 0.25) is 0 Å². The maximum absolute atomic E-state index is 12.2. The van der Waals surface area contributed by atoms with Crippen LogP contribution in [0.25, 0.3) is 5.78 Å². The third-order valence-corrected chi connectivity index (χ3v) is 4.12. The largest absolute Gasteiger partial charge is 0.490 e. The van der Waals surface area contributed by atoms with E-state index in [0.717, 1.165) is 33.8 Å². The van der Waals surface area contributed by atoms with Gasteiger partial charge in [0.2, 0.25) is 0 Å². The van der Waals surface area contributed by atoms with Crippen molar-refractivity contribution in [2.75, 3.05) is 13.2 Å². The van der Waals surface area contributed by atoms with Gasteiger partial charge in [0.25, 0.3) is 5.78 Å². The predicted octanol–water partition coefficient (Wildman–Crippen LogP) is 2.52. The van der Waals surface area contributed by atoms with Crippen LogP contribution in [0.4, 0.5) is 0 Å². The Balaban J connectivity index is 1.54. The number of aryl methyl sites for hydroxylation is 4. The van der Waals surface area contributed by atoms with E-state index in [9.17, 15) is 4.79 Å². The highest BCUT2D eigenvalue weighted by molar-refractivity contribution is 5.73. The maximum Gasteiger partial charge on any atom is 0.310 e. The van der Waals surface area contributed by atoms with E-state index in [1.54, 1.807) is 4.52 Å². The smallest absolute Gasteiger partial charge is 0.310 e. The Bertz CT molecular complexity index is 929. The molecule has 1 aromatic carbocycles. The van der Waals surface area contributed by atoms with Gasteiger partial charge in [-0.15, -0.1) is 0 Å². The van der Waals surface area contributed by atoms with E-state index in [-0.39, 0.29) is 19.0 Å². The van der Waals surface area contributed by atoms with Crippen molar-refractivity contribution in [3.8, 4) is 5.75 Å². The fourth-order valence-electron chi connectivity index (χ4n) is 2.94. The highest BCUT2D eigenvalue weighted by atomic mass is 16.6. The van der Waals surface area contributed by atoms with Gasteiger partial charge >= 0.3 is 5.97 Å². The summed E-state index contributed by atoms with van der Waals surface area (Å²) in [5.41, 5.74) is 4.68. The summed E-state index contributed by atoms with van der Waals surface area (Å²) in [7, 11) is 0. The normalized spacial score (nSPS) is 10.9. The number of aromatic nitrogens is 4. The second-order valence-corrected chi connectivity index (χ2v) is 6.30. The van der Waals surface area contributed by atoms with Crippen molar-refractivity contribution in [3.63, 3.8) is 0 Å². The molecular formula is C19H22N4O3. The Labute approximate surface area is 152 Å². The molecule has 2 heterocycles. The van der Waals surface area contributed by atoms with E-state index in [1.165, 1.54) is 6.33 Å².